The van der Waals surface area contributed by atoms with Gasteiger partial charge in [0, 0.05) is 11.8 Å². The van der Waals surface area contributed by atoms with E-state index in [2.05, 4.69) is 5.32 Å². The Bertz CT molecular complexity index is 488. The second-order valence-corrected chi connectivity index (χ2v) is 4.34. The van der Waals surface area contributed by atoms with Gasteiger partial charge in [-0.1, -0.05) is 6.92 Å². The van der Waals surface area contributed by atoms with Gasteiger partial charge in [-0.05, 0) is 32.6 Å². The van der Waals surface area contributed by atoms with Gasteiger partial charge in [-0.3, -0.25) is 19.8 Å². The number of phenolic OH excluding ortho intramolecular Hbond substituents is 1. The van der Waals surface area contributed by atoms with E-state index in [9.17, 15) is 20.0 Å². The highest BCUT2D eigenvalue weighted by Crippen LogP contribution is 2.28. The largest absolute Gasteiger partial charge is 0.502 e. The topological polar surface area (TPSA) is 95.7 Å². The number of hydrogen-bond donors (Lipinski definition) is 2. The molecule has 1 aromatic carbocycles. The van der Waals surface area contributed by atoms with Gasteiger partial charge in [0.15, 0.2) is 5.75 Å². The summed E-state index contributed by atoms with van der Waals surface area (Å²) >= 11 is 0. The van der Waals surface area contributed by atoms with Gasteiger partial charge in [0.25, 0.3) is 0 Å². The van der Waals surface area contributed by atoms with E-state index in [0.717, 1.165) is 6.07 Å². The number of phenols is 1. The number of anilines is 1. The molecule has 1 atom stereocenters. The summed E-state index contributed by atoms with van der Waals surface area (Å²) < 4.78 is 0. The Balaban J connectivity index is 2.91. The number of amides is 1. The smallest absolute Gasteiger partial charge is 0.312 e. The fourth-order valence-electron chi connectivity index (χ4n) is 1.76. The van der Waals surface area contributed by atoms with Crippen LogP contribution >= 0.6 is 0 Å². The van der Waals surface area contributed by atoms with Crippen LogP contribution in [-0.4, -0.2) is 41.0 Å². The van der Waals surface area contributed by atoms with Crippen molar-refractivity contribution in [3.63, 3.8) is 0 Å². The van der Waals surface area contributed by atoms with Gasteiger partial charge in [-0.2, -0.15) is 0 Å². The summed E-state index contributed by atoms with van der Waals surface area (Å²) in [4.78, 5) is 23.7. The summed E-state index contributed by atoms with van der Waals surface area (Å²) in [6.07, 6.45) is 0.624. The quantitative estimate of drug-likeness (QED) is 0.479. The molecule has 2 N–H and O–H groups in total. The lowest BCUT2D eigenvalue weighted by Crippen LogP contribution is -2.39. The van der Waals surface area contributed by atoms with Gasteiger partial charge < -0.3 is 10.4 Å². The zero-order valence-electron chi connectivity index (χ0n) is 11.1. The lowest BCUT2D eigenvalue weighted by atomic mass is 10.2. The number of nitro benzene ring substituents is 1. The van der Waals surface area contributed by atoms with Crippen molar-refractivity contribution in [2.24, 2.45) is 0 Å². The van der Waals surface area contributed by atoms with E-state index in [-0.39, 0.29) is 17.6 Å². The van der Waals surface area contributed by atoms with E-state index in [1.54, 1.807) is 19.0 Å². The lowest BCUT2D eigenvalue weighted by molar-refractivity contribution is -0.385. The van der Waals surface area contributed by atoms with Crippen LogP contribution in [0, 0.1) is 10.1 Å². The minimum atomic E-state index is -0.700. The first-order valence-electron chi connectivity index (χ1n) is 5.81. The van der Waals surface area contributed by atoms with Gasteiger partial charge in [-0.25, -0.2) is 0 Å². The van der Waals surface area contributed by atoms with E-state index in [0.29, 0.717) is 6.42 Å². The SMILES string of the molecule is CC[C@@H](C(=O)Nc1ccc(O)c([N+](=O)[O-])c1)N(C)C. The summed E-state index contributed by atoms with van der Waals surface area (Å²) in [5.74, 6) is -0.671. The predicted octanol–water partition coefficient (Wildman–Crippen LogP) is 1.58. The maximum Gasteiger partial charge on any atom is 0.312 e. The molecule has 0 radical (unpaired) electrons. The Kier molecular flexibility index (Phi) is 4.82. The van der Waals surface area contributed by atoms with Gasteiger partial charge in [0.2, 0.25) is 5.91 Å². The van der Waals surface area contributed by atoms with Crippen molar-refractivity contribution in [1.29, 1.82) is 0 Å². The van der Waals surface area contributed by atoms with E-state index in [4.69, 9.17) is 0 Å². The third-order valence-electron chi connectivity index (χ3n) is 2.75. The van der Waals surface area contributed by atoms with E-state index >= 15 is 0 Å². The fourth-order valence-corrected chi connectivity index (χ4v) is 1.76. The summed E-state index contributed by atoms with van der Waals surface area (Å²) in [5.41, 5.74) is -0.148. The Morgan fingerprint density at radius 2 is 2.16 bits per heavy atom. The van der Waals surface area contributed by atoms with Crippen molar-refractivity contribution in [3.05, 3.63) is 28.3 Å². The van der Waals surface area contributed by atoms with Crippen molar-refractivity contribution in [1.82, 2.24) is 4.90 Å². The lowest BCUT2D eigenvalue weighted by Gasteiger charge is -2.21. The molecule has 7 heteroatoms. The molecule has 0 aliphatic rings. The minimum Gasteiger partial charge on any atom is -0.502 e. The summed E-state index contributed by atoms with van der Waals surface area (Å²) in [6.45, 7) is 1.88. The number of nitrogens with zero attached hydrogens (tertiary/aromatic N) is 2. The minimum absolute atomic E-state index is 0.243. The number of nitro groups is 1. The van der Waals surface area contributed by atoms with Crippen LogP contribution in [0.15, 0.2) is 18.2 Å². The molecule has 0 unspecified atom stereocenters. The van der Waals surface area contributed by atoms with Crippen molar-refractivity contribution < 1.29 is 14.8 Å². The molecule has 0 aliphatic carbocycles. The number of rotatable bonds is 5. The molecule has 0 heterocycles. The van der Waals surface area contributed by atoms with Crippen LogP contribution in [-0.2, 0) is 4.79 Å². The van der Waals surface area contributed by atoms with Gasteiger partial charge in [0.05, 0.1) is 11.0 Å². The molecule has 0 saturated carbocycles. The van der Waals surface area contributed by atoms with Gasteiger partial charge >= 0.3 is 5.69 Å². The fraction of sp³-hybridized carbons (Fsp3) is 0.417. The van der Waals surface area contributed by atoms with Gasteiger partial charge in [-0.15, -0.1) is 0 Å². The van der Waals surface area contributed by atoms with Crippen LogP contribution in [0.25, 0.3) is 0 Å². The Labute approximate surface area is 111 Å². The highest BCUT2D eigenvalue weighted by molar-refractivity contribution is 5.95. The second kappa shape index (κ2) is 6.14. The number of hydrogen-bond acceptors (Lipinski definition) is 5. The third kappa shape index (κ3) is 3.65. The maximum absolute atomic E-state index is 12.0. The Morgan fingerprint density at radius 3 is 2.63 bits per heavy atom. The zero-order chi connectivity index (χ0) is 14.6. The third-order valence-corrected chi connectivity index (χ3v) is 2.75. The van der Waals surface area contributed by atoms with Crippen LogP contribution in [0.2, 0.25) is 0 Å². The van der Waals surface area contributed by atoms with E-state index < -0.39 is 16.4 Å². The average molecular weight is 267 g/mol. The number of nitrogens with one attached hydrogen (secondary N) is 1. The molecule has 0 aliphatic heterocycles. The summed E-state index contributed by atoms with van der Waals surface area (Å²) in [6, 6.07) is 3.43. The number of carbonyl (C=O) groups is 1. The molecule has 0 fully saturated rings. The van der Waals surface area contributed by atoms with E-state index in [1.165, 1.54) is 12.1 Å². The van der Waals surface area contributed by atoms with Crippen LogP contribution in [0.3, 0.4) is 0 Å². The van der Waals surface area contributed by atoms with Crippen molar-refractivity contribution in [3.8, 4) is 5.75 Å². The molecule has 0 bridgehead atoms. The first-order chi connectivity index (χ1) is 8.86. The molecule has 104 valence electrons. The molecule has 19 heavy (non-hydrogen) atoms. The Morgan fingerprint density at radius 1 is 1.53 bits per heavy atom. The zero-order valence-corrected chi connectivity index (χ0v) is 11.1. The van der Waals surface area contributed by atoms with Crippen LogP contribution in [0.5, 0.6) is 5.75 Å². The molecule has 0 aromatic heterocycles. The average Bonchev–Trinajstić information content (AvgIpc) is 2.31. The van der Waals surface area contributed by atoms with Crippen molar-refractivity contribution >= 4 is 17.3 Å². The predicted molar refractivity (Wildman–Crippen MR) is 71.2 cm³/mol. The number of likely N-dealkylation sites (N-methyl/N-ethyl adjacent to an activating group) is 1. The summed E-state index contributed by atoms with van der Waals surface area (Å²) in [5, 5.41) is 22.6. The summed E-state index contributed by atoms with van der Waals surface area (Å²) in [7, 11) is 3.57. The van der Waals surface area contributed by atoms with Crippen LogP contribution in [0.1, 0.15) is 13.3 Å². The van der Waals surface area contributed by atoms with Crippen molar-refractivity contribution in [2.75, 3.05) is 19.4 Å². The molecular weight excluding hydrogens is 250 g/mol. The van der Waals surface area contributed by atoms with Crippen molar-refractivity contribution in [2.45, 2.75) is 19.4 Å². The monoisotopic (exact) mass is 267 g/mol. The number of benzene rings is 1. The van der Waals surface area contributed by atoms with Crippen LogP contribution in [0.4, 0.5) is 11.4 Å². The molecule has 1 rings (SSSR count). The first kappa shape index (κ1) is 14.9. The molecule has 7 nitrogen and oxygen atoms in total. The van der Waals surface area contributed by atoms with Gasteiger partial charge in [0.1, 0.15) is 0 Å². The standard InChI is InChI=1S/C12H17N3O4/c1-4-9(14(2)3)12(17)13-8-5-6-11(16)10(7-8)15(18)19/h5-7,9,16H,4H2,1-3H3,(H,13,17)/t9-/m0/s1. The molecular formula is C12H17N3O4. The molecule has 0 spiro atoms. The maximum atomic E-state index is 12.0. The molecule has 1 aromatic rings. The Hall–Kier alpha value is -2.15. The van der Waals surface area contributed by atoms with Crippen LogP contribution < -0.4 is 5.32 Å². The molecule has 0 saturated heterocycles. The number of carbonyl (C=O) groups excluding carboxylic acids is 1. The highest BCUT2D eigenvalue weighted by Gasteiger charge is 2.20. The first-order valence-corrected chi connectivity index (χ1v) is 5.81. The second-order valence-electron chi connectivity index (χ2n) is 4.34. The molecule has 1 amide bonds. The highest BCUT2D eigenvalue weighted by atomic mass is 16.6. The van der Waals surface area contributed by atoms with E-state index in [1.807, 2.05) is 6.92 Å². The normalized spacial score (nSPS) is 12.2. The number of aromatic hydroxyl groups is 1.